The van der Waals surface area contributed by atoms with E-state index >= 15 is 0 Å². The number of fused-ring (bicyclic) bond motifs is 1. The Morgan fingerprint density at radius 1 is 1.15 bits per heavy atom. The van der Waals surface area contributed by atoms with Gasteiger partial charge in [0.25, 0.3) is 5.91 Å². The Labute approximate surface area is 156 Å². The molecule has 1 saturated heterocycles. The molecule has 0 radical (unpaired) electrons. The Bertz CT molecular complexity index is 1100. The molecule has 1 fully saturated rings. The van der Waals surface area contributed by atoms with Crippen LogP contribution in [-0.4, -0.2) is 48.0 Å². The minimum Gasteiger partial charge on any atom is -0.370 e. The van der Waals surface area contributed by atoms with Crippen LogP contribution in [0.4, 0.5) is 11.5 Å². The van der Waals surface area contributed by atoms with Crippen molar-refractivity contribution in [3.05, 3.63) is 48.4 Å². The van der Waals surface area contributed by atoms with Crippen molar-refractivity contribution in [2.24, 2.45) is 0 Å². The fourth-order valence-electron chi connectivity index (χ4n) is 3.24. The summed E-state index contributed by atoms with van der Waals surface area (Å²) in [5.74, 6) is -0.115. The molecule has 140 valence electrons. The van der Waals surface area contributed by atoms with Crippen LogP contribution >= 0.6 is 0 Å². The third-order valence-corrected chi connectivity index (χ3v) is 5.47. The van der Waals surface area contributed by atoms with Crippen LogP contribution in [0.3, 0.4) is 0 Å². The molecule has 0 unspecified atom stereocenters. The van der Waals surface area contributed by atoms with E-state index in [0.717, 1.165) is 25.0 Å². The van der Waals surface area contributed by atoms with E-state index in [1.165, 1.54) is 17.2 Å². The first-order valence-electron chi connectivity index (χ1n) is 8.63. The SMILES string of the molecule is CS(=O)(=O)c1nc(C(=O)Nc2ccc(N3CCCC3)cn2)c2ccccn12. The molecule has 0 aromatic carbocycles. The van der Waals surface area contributed by atoms with E-state index in [-0.39, 0.29) is 10.9 Å². The molecule has 3 aromatic heterocycles. The van der Waals surface area contributed by atoms with Crippen LogP contribution in [-0.2, 0) is 9.84 Å². The van der Waals surface area contributed by atoms with E-state index in [1.54, 1.807) is 36.7 Å². The normalized spacial score (nSPS) is 14.6. The molecule has 9 heteroatoms. The van der Waals surface area contributed by atoms with Crippen LogP contribution in [0.2, 0.25) is 0 Å². The number of carbonyl (C=O) groups is 1. The Hall–Kier alpha value is -2.94. The molecule has 1 aliphatic heterocycles. The molecule has 1 N–H and O–H groups in total. The molecule has 0 aliphatic carbocycles. The van der Waals surface area contributed by atoms with Crippen molar-refractivity contribution in [1.82, 2.24) is 14.4 Å². The lowest BCUT2D eigenvalue weighted by atomic mass is 10.3. The van der Waals surface area contributed by atoms with Crippen molar-refractivity contribution < 1.29 is 13.2 Å². The Kier molecular flexibility index (Phi) is 4.31. The quantitative estimate of drug-likeness (QED) is 0.738. The van der Waals surface area contributed by atoms with Gasteiger partial charge < -0.3 is 10.2 Å². The van der Waals surface area contributed by atoms with Gasteiger partial charge in [0.2, 0.25) is 15.0 Å². The maximum absolute atomic E-state index is 12.7. The van der Waals surface area contributed by atoms with E-state index in [2.05, 4.69) is 20.2 Å². The van der Waals surface area contributed by atoms with Gasteiger partial charge in [0.05, 0.1) is 17.4 Å². The first-order chi connectivity index (χ1) is 12.9. The topological polar surface area (TPSA) is 96.7 Å². The number of rotatable bonds is 4. The van der Waals surface area contributed by atoms with Crippen molar-refractivity contribution in [3.63, 3.8) is 0 Å². The largest absolute Gasteiger partial charge is 0.370 e. The summed E-state index contributed by atoms with van der Waals surface area (Å²) in [5.41, 5.74) is 1.49. The number of imidazole rings is 1. The van der Waals surface area contributed by atoms with Crippen LogP contribution in [0.15, 0.2) is 47.9 Å². The molecular formula is C18H19N5O3S. The molecule has 3 aromatic rings. The fraction of sp³-hybridized carbons (Fsp3) is 0.278. The van der Waals surface area contributed by atoms with Gasteiger partial charge in [-0.3, -0.25) is 9.20 Å². The van der Waals surface area contributed by atoms with Gasteiger partial charge in [0, 0.05) is 25.5 Å². The van der Waals surface area contributed by atoms with E-state index in [9.17, 15) is 13.2 Å². The van der Waals surface area contributed by atoms with Gasteiger partial charge in [-0.2, -0.15) is 0 Å². The summed E-state index contributed by atoms with van der Waals surface area (Å²) in [6.45, 7) is 2.03. The zero-order valence-electron chi connectivity index (χ0n) is 14.8. The predicted octanol–water partition coefficient (Wildman–Crippen LogP) is 1.99. The van der Waals surface area contributed by atoms with E-state index in [0.29, 0.717) is 11.3 Å². The second-order valence-electron chi connectivity index (χ2n) is 6.52. The highest BCUT2D eigenvalue weighted by molar-refractivity contribution is 7.90. The summed E-state index contributed by atoms with van der Waals surface area (Å²) in [5, 5.41) is 2.53. The Morgan fingerprint density at radius 3 is 2.59 bits per heavy atom. The first kappa shape index (κ1) is 17.5. The molecule has 4 rings (SSSR count). The van der Waals surface area contributed by atoms with Gasteiger partial charge in [0.15, 0.2) is 5.69 Å². The predicted molar refractivity (Wildman–Crippen MR) is 102 cm³/mol. The van der Waals surface area contributed by atoms with Gasteiger partial charge in [-0.25, -0.2) is 18.4 Å². The van der Waals surface area contributed by atoms with Crippen molar-refractivity contribution >= 4 is 32.8 Å². The second kappa shape index (κ2) is 6.66. The van der Waals surface area contributed by atoms with Crippen molar-refractivity contribution in [1.29, 1.82) is 0 Å². The third-order valence-electron chi connectivity index (χ3n) is 4.52. The summed E-state index contributed by atoms with van der Waals surface area (Å²) in [6.07, 6.45) is 6.71. The lowest BCUT2D eigenvalue weighted by molar-refractivity contribution is 0.102. The number of anilines is 2. The molecule has 1 aliphatic rings. The minimum atomic E-state index is -3.58. The number of sulfone groups is 1. The molecule has 1 amide bonds. The van der Waals surface area contributed by atoms with Gasteiger partial charge in [-0.05, 0) is 37.1 Å². The molecule has 8 nitrogen and oxygen atoms in total. The van der Waals surface area contributed by atoms with E-state index < -0.39 is 15.7 Å². The summed E-state index contributed by atoms with van der Waals surface area (Å²) < 4.78 is 25.3. The average Bonchev–Trinajstić information content (AvgIpc) is 3.30. The summed E-state index contributed by atoms with van der Waals surface area (Å²) in [6, 6.07) is 8.72. The summed E-state index contributed by atoms with van der Waals surface area (Å²) in [7, 11) is -3.58. The van der Waals surface area contributed by atoms with Gasteiger partial charge in [-0.15, -0.1) is 0 Å². The maximum Gasteiger partial charge on any atom is 0.277 e. The average molecular weight is 385 g/mol. The highest BCUT2D eigenvalue weighted by atomic mass is 32.2. The second-order valence-corrected chi connectivity index (χ2v) is 8.43. The zero-order chi connectivity index (χ0) is 19.0. The van der Waals surface area contributed by atoms with Gasteiger partial charge in [-0.1, -0.05) is 6.07 Å². The molecular weight excluding hydrogens is 366 g/mol. The fourth-order valence-corrected chi connectivity index (χ4v) is 4.01. The smallest absolute Gasteiger partial charge is 0.277 e. The number of nitrogens with one attached hydrogen (secondary N) is 1. The van der Waals surface area contributed by atoms with Crippen LogP contribution in [0.1, 0.15) is 23.3 Å². The molecule has 0 saturated carbocycles. The molecule has 4 heterocycles. The van der Waals surface area contributed by atoms with Gasteiger partial charge >= 0.3 is 0 Å². The number of amides is 1. The number of nitrogens with zero attached hydrogens (tertiary/aromatic N) is 4. The van der Waals surface area contributed by atoms with Crippen LogP contribution in [0.5, 0.6) is 0 Å². The Balaban J connectivity index is 1.62. The zero-order valence-corrected chi connectivity index (χ0v) is 15.6. The van der Waals surface area contributed by atoms with Gasteiger partial charge in [0.1, 0.15) is 5.82 Å². The lowest BCUT2D eigenvalue weighted by Gasteiger charge is -2.17. The highest BCUT2D eigenvalue weighted by Crippen LogP contribution is 2.21. The maximum atomic E-state index is 12.7. The van der Waals surface area contributed by atoms with E-state index in [4.69, 9.17) is 0 Å². The lowest BCUT2D eigenvalue weighted by Crippen LogP contribution is -2.18. The third kappa shape index (κ3) is 3.37. The summed E-state index contributed by atoms with van der Waals surface area (Å²) >= 11 is 0. The van der Waals surface area contributed by atoms with E-state index in [1.807, 2.05) is 6.07 Å². The number of pyridine rings is 2. The van der Waals surface area contributed by atoms with Crippen molar-refractivity contribution in [2.45, 2.75) is 18.0 Å². The number of aromatic nitrogens is 3. The monoisotopic (exact) mass is 385 g/mol. The molecule has 27 heavy (non-hydrogen) atoms. The molecule has 0 bridgehead atoms. The minimum absolute atomic E-state index is 0.0430. The van der Waals surface area contributed by atoms with Crippen LogP contribution in [0, 0.1) is 0 Å². The standard InChI is InChI=1S/C18H19N5O3S/c1-27(25,26)18-21-16(14-6-2-3-11-23(14)18)17(24)20-15-8-7-13(12-19-15)22-9-4-5-10-22/h2-3,6-8,11-12H,4-5,9-10H2,1H3,(H,19,20,24). The molecule has 0 atom stereocenters. The summed E-state index contributed by atoms with van der Waals surface area (Å²) in [4.78, 5) is 23.3. The number of hydrogen-bond donors (Lipinski definition) is 1. The Morgan fingerprint density at radius 2 is 1.93 bits per heavy atom. The van der Waals surface area contributed by atoms with Crippen molar-refractivity contribution in [2.75, 3.05) is 29.6 Å². The highest BCUT2D eigenvalue weighted by Gasteiger charge is 2.23. The number of carbonyl (C=O) groups excluding carboxylic acids is 1. The van der Waals surface area contributed by atoms with Crippen molar-refractivity contribution in [3.8, 4) is 0 Å². The molecule has 0 spiro atoms. The first-order valence-corrected chi connectivity index (χ1v) is 10.5. The number of hydrogen-bond acceptors (Lipinski definition) is 6. The van der Waals surface area contributed by atoms with Crippen LogP contribution in [0.25, 0.3) is 5.52 Å². The van der Waals surface area contributed by atoms with Crippen LogP contribution < -0.4 is 10.2 Å².